The minimum atomic E-state index is -1.05. The molecule has 0 bridgehead atoms. The van der Waals surface area contributed by atoms with E-state index >= 15 is 0 Å². The molecular weight excluding hydrogens is 611 g/mol. The van der Waals surface area contributed by atoms with E-state index in [4.69, 9.17) is 31.3 Å². The van der Waals surface area contributed by atoms with Crippen molar-refractivity contribution < 1.29 is 69.8 Å². The van der Waals surface area contributed by atoms with Crippen molar-refractivity contribution in [3.8, 4) is 0 Å². The summed E-state index contributed by atoms with van der Waals surface area (Å²) in [6, 6.07) is 8.57. The molecular formula is C26H30ClN8NaO8. The van der Waals surface area contributed by atoms with Crippen LogP contribution in [0.5, 0.6) is 0 Å². The number of aromatic carboxylic acids is 2. The first-order valence-electron chi connectivity index (χ1n) is 12.8. The molecule has 44 heavy (non-hydrogen) atoms. The molecule has 0 spiro atoms. The summed E-state index contributed by atoms with van der Waals surface area (Å²) in [6.45, 7) is 9.16. The van der Waals surface area contributed by atoms with Crippen LogP contribution in [0.1, 0.15) is 49.8 Å². The molecule has 2 fully saturated rings. The first kappa shape index (κ1) is 34.8. The SMILES string of the molecule is CC1(C)COCN1C(=O)Cl.CC1(C)COCN1C(=O)n1nnc2cc(C(=O)O)ccc21.O=C(O)c1ccc2n[nH]nc2c1.[H-].[Na+]. The summed E-state index contributed by atoms with van der Waals surface area (Å²) in [5, 5.41) is 34.8. The molecule has 2 amide bonds. The van der Waals surface area contributed by atoms with Gasteiger partial charge in [0.15, 0.2) is 0 Å². The van der Waals surface area contributed by atoms with Crippen molar-refractivity contribution in [3.63, 3.8) is 0 Å². The molecule has 230 valence electrons. The molecule has 4 heterocycles. The van der Waals surface area contributed by atoms with E-state index in [9.17, 15) is 19.2 Å². The Morgan fingerprint density at radius 3 is 1.86 bits per heavy atom. The molecule has 2 aliphatic heterocycles. The molecule has 4 aromatic rings. The molecule has 3 N–H and O–H groups in total. The van der Waals surface area contributed by atoms with Gasteiger partial charge in [-0.3, -0.25) is 14.6 Å². The van der Waals surface area contributed by atoms with Gasteiger partial charge in [0.05, 0.1) is 40.9 Å². The number of hydrogen-bond acceptors (Lipinski definition) is 10. The fraction of sp³-hybridized carbons (Fsp3) is 0.385. The van der Waals surface area contributed by atoms with Crippen molar-refractivity contribution in [2.24, 2.45) is 0 Å². The molecule has 0 saturated carbocycles. The molecule has 2 saturated heterocycles. The second-order valence-corrected chi connectivity index (χ2v) is 11.1. The largest absolute Gasteiger partial charge is 1.00 e. The van der Waals surface area contributed by atoms with Crippen molar-refractivity contribution >= 4 is 57.0 Å². The number of halogens is 1. The van der Waals surface area contributed by atoms with E-state index in [0.29, 0.717) is 42.0 Å². The second kappa shape index (κ2) is 14.0. The van der Waals surface area contributed by atoms with Crippen molar-refractivity contribution in [2.45, 2.75) is 38.8 Å². The van der Waals surface area contributed by atoms with Crippen LogP contribution in [0.4, 0.5) is 9.59 Å². The van der Waals surface area contributed by atoms with E-state index in [1.165, 1.54) is 35.2 Å². The number of H-pyrrole nitrogens is 1. The van der Waals surface area contributed by atoms with E-state index < -0.39 is 22.8 Å². The molecule has 2 aromatic carbocycles. The third-order valence-electron chi connectivity index (χ3n) is 6.69. The van der Waals surface area contributed by atoms with Gasteiger partial charge in [-0.1, -0.05) is 5.21 Å². The van der Waals surface area contributed by atoms with E-state index in [2.05, 4.69) is 25.7 Å². The molecule has 0 radical (unpaired) electrons. The molecule has 2 aromatic heterocycles. The minimum absolute atomic E-state index is 0. The van der Waals surface area contributed by atoms with Crippen LogP contribution in [-0.4, -0.2) is 112 Å². The summed E-state index contributed by atoms with van der Waals surface area (Å²) >= 11 is 5.28. The van der Waals surface area contributed by atoms with E-state index in [1.807, 2.05) is 27.7 Å². The van der Waals surface area contributed by atoms with Crippen molar-refractivity contribution in [1.82, 2.24) is 40.2 Å². The first-order valence-corrected chi connectivity index (χ1v) is 13.2. The van der Waals surface area contributed by atoms with Crippen LogP contribution < -0.4 is 29.6 Å². The number of carbonyl (C=O) groups excluding carboxylic acids is 2. The zero-order valence-corrected chi connectivity index (χ0v) is 27.4. The summed E-state index contributed by atoms with van der Waals surface area (Å²) in [4.78, 5) is 47.7. The Morgan fingerprint density at radius 2 is 1.36 bits per heavy atom. The number of aromatic amines is 1. The van der Waals surface area contributed by atoms with Crippen LogP contribution in [0.3, 0.4) is 0 Å². The van der Waals surface area contributed by atoms with Gasteiger partial charge in [-0.2, -0.15) is 20.1 Å². The maximum Gasteiger partial charge on any atom is 1.00 e. The third kappa shape index (κ3) is 7.69. The Hall–Kier alpha value is -3.67. The molecule has 0 unspecified atom stereocenters. The molecule has 16 nitrogen and oxygen atoms in total. The molecule has 2 aliphatic rings. The zero-order valence-electron chi connectivity index (χ0n) is 25.6. The van der Waals surface area contributed by atoms with Crippen LogP contribution in [0.25, 0.3) is 22.1 Å². The summed E-state index contributed by atoms with van der Waals surface area (Å²) in [5.74, 6) is -2.01. The zero-order chi connectivity index (χ0) is 31.5. The van der Waals surface area contributed by atoms with E-state index in [-0.39, 0.29) is 60.4 Å². The van der Waals surface area contributed by atoms with Crippen molar-refractivity contribution in [3.05, 3.63) is 47.5 Å². The monoisotopic (exact) mass is 640 g/mol. The fourth-order valence-electron chi connectivity index (χ4n) is 4.17. The Balaban J connectivity index is 0.000000251. The van der Waals surface area contributed by atoms with Gasteiger partial charge in [-0.25, -0.2) is 14.4 Å². The number of nitrogens with one attached hydrogen (secondary N) is 1. The van der Waals surface area contributed by atoms with Crippen LogP contribution in [0.2, 0.25) is 0 Å². The predicted molar refractivity (Wildman–Crippen MR) is 152 cm³/mol. The summed E-state index contributed by atoms with van der Waals surface area (Å²) < 4.78 is 11.5. The number of benzene rings is 2. The Morgan fingerprint density at radius 1 is 0.841 bits per heavy atom. The maximum absolute atomic E-state index is 12.5. The Kier molecular flexibility index (Phi) is 11.0. The standard InChI is InChI=1S/C13H14N4O4.C7H5N3O2.C6H10ClNO2.Na.H/c1-13(2)6-21-7-16(13)12(20)17-10-4-3-8(11(18)19)5-9(10)14-15-17;11-7(12)4-1-2-5-6(3-4)9-10-8-5;1-6(2)3-10-4-8(6)5(7)9;;/h3-5H,6-7H2,1-2H3,(H,18,19);1-3H,(H,11,12)(H,8,9,10);3-4H2,1-2H3;;/q;;;+1;-1. The van der Waals surface area contributed by atoms with Crippen LogP contribution in [-0.2, 0) is 9.47 Å². The average molecular weight is 641 g/mol. The van der Waals surface area contributed by atoms with Gasteiger partial charge in [0, 0.05) is 0 Å². The number of aromatic nitrogens is 6. The van der Waals surface area contributed by atoms with Crippen molar-refractivity contribution in [1.29, 1.82) is 0 Å². The Bertz CT molecular complexity index is 1700. The van der Waals surface area contributed by atoms with Gasteiger partial charge in [0.1, 0.15) is 30.0 Å². The topological polar surface area (TPSA) is 206 Å². The number of amides is 2. The number of ether oxygens (including phenoxy) is 2. The average Bonchev–Trinajstić information content (AvgIpc) is 3.73. The van der Waals surface area contributed by atoms with E-state index in [1.54, 1.807) is 11.0 Å². The third-order valence-corrected chi connectivity index (χ3v) is 6.90. The summed E-state index contributed by atoms with van der Waals surface area (Å²) in [7, 11) is 0. The van der Waals surface area contributed by atoms with Gasteiger partial charge in [-0.05, 0) is 75.7 Å². The predicted octanol–water partition coefficient (Wildman–Crippen LogP) is 0.352. The van der Waals surface area contributed by atoms with Crippen LogP contribution in [0, 0.1) is 0 Å². The molecule has 18 heteroatoms. The quantitative estimate of drug-likeness (QED) is 0.154. The van der Waals surface area contributed by atoms with Gasteiger partial charge in [0.2, 0.25) is 0 Å². The van der Waals surface area contributed by atoms with Crippen LogP contribution in [0.15, 0.2) is 36.4 Å². The maximum atomic E-state index is 12.5. The van der Waals surface area contributed by atoms with E-state index in [0.717, 1.165) is 4.68 Å². The number of fused-ring (bicyclic) bond motifs is 2. The number of rotatable bonds is 2. The number of carbonyl (C=O) groups is 4. The van der Waals surface area contributed by atoms with Gasteiger partial charge in [0.25, 0.3) is 0 Å². The first-order chi connectivity index (χ1) is 20.2. The van der Waals surface area contributed by atoms with Crippen LogP contribution >= 0.6 is 11.6 Å². The smallest absolute Gasteiger partial charge is 1.00 e. The molecule has 0 aliphatic carbocycles. The fourth-order valence-corrected chi connectivity index (χ4v) is 4.44. The van der Waals surface area contributed by atoms with Gasteiger partial charge < -0.3 is 21.1 Å². The van der Waals surface area contributed by atoms with Gasteiger partial charge >= 0.3 is 52.9 Å². The minimum Gasteiger partial charge on any atom is -1.00 e. The second-order valence-electron chi connectivity index (χ2n) is 10.8. The van der Waals surface area contributed by atoms with Crippen molar-refractivity contribution in [2.75, 3.05) is 26.7 Å². The number of carboxylic acids is 2. The summed E-state index contributed by atoms with van der Waals surface area (Å²) in [5.41, 5.74) is 1.72. The molecule has 0 atom stereocenters. The number of hydrogen-bond donors (Lipinski definition) is 3. The molecule has 6 rings (SSSR count). The van der Waals surface area contributed by atoms with Gasteiger partial charge in [-0.15, -0.1) is 5.10 Å². The number of nitrogens with zero attached hydrogens (tertiary/aromatic N) is 7. The summed E-state index contributed by atoms with van der Waals surface area (Å²) in [6.07, 6.45) is 0. The normalized spacial score (nSPS) is 16.4. The Labute approximate surface area is 279 Å². The number of carboxylic acid groups (broad SMARTS) is 2.